The summed E-state index contributed by atoms with van der Waals surface area (Å²) in [4.78, 5) is 24.9. The smallest absolute Gasteiger partial charge is 0.329 e. The van der Waals surface area contributed by atoms with Crippen LogP contribution in [0.3, 0.4) is 0 Å². The predicted molar refractivity (Wildman–Crippen MR) is 153 cm³/mol. The third-order valence-corrected chi connectivity index (χ3v) is 7.91. The molecule has 0 unspecified atom stereocenters. The van der Waals surface area contributed by atoms with Crippen molar-refractivity contribution < 1.29 is 22.7 Å². The number of anilines is 1. The second kappa shape index (κ2) is 12.6. The van der Waals surface area contributed by atoms with Crippen molar-refractivity contribution in [3.05, 3.63) is 81.4 Å². The molecule has 0 saturated heterocycles. The standard InChI is InChI=1S/C27H30ClN3O5S.ClH/c1-15-12-24(16(2)11-22(15)28)37(34,35)31-21-8-6-7-19(13-21)20-9-17(3)25(18(4)10-20)26(32)30-23(14-29)27(33)36-5;/h6-13,23,31H,14,29H2,1-5H3,(H,30,32);1H/t23-;/m1./s1. The molecule has 8 nitrogen and oxygen atoms in total. The number of hydrogen-bond donors (Lipinski definition) is 3. The molecule has 1 amide bonds. The van der Waals surface area contributed by atoms with Crippen molar-refractivity contribution in [2.24, 2.45) is 5.73 Å². The summed E-state index contributed by atoms with van der Waals surface area (Å²) in [7, 11) is -2.62. The molecule has 1 atom stereocenters. The van der Waals surface area contributed by atoms with E-state index in [0.717, 1.165) is 11.1 Å². The minimum atomic E-state index is -3.85. The van der Waals surface area contributed by atoms with Gasteiger partial charge in [0.1, 0.15) is 6.04 Å². The van der Waals surface area contributed by atoms with Gasteiger partial charge in [0.05, 0.1) is 12.0 Å². The molecule has 3 aromatic rings. The fourth-order valence-electron chi connectivity index (χ4n) is 4.09. The van der Waals surface area contributed by atoms with E-state index in [1.807, 2.05) is 18.2 Å². The Morgan fingerprint density at radius 3 is 2.16 bits per heavy atom. The molecular formula is C27H31Cl2N3O5S. The molecular weight excluding hydrogens is 549 g/mol. The number of carbonyl (C=O) groups excluding carboxylic acids is 2. The summed E-state index contributed by atoms with van der Waals surface area (Å²) in [5.41, 5.74) is 10.6. The molecule has 204 valence electrons. The van der Waals surface area contributed by atoms with Crippen LogP contribution in [0.4, 0.5) is 5.69 Å². The van der Waals surface area contributed by atoms with Gasteiger partial charge in [0.25, 0.3) is 15.9 Å². The van der Waals surface area contributed by atoms with E-state index < -0.39 is 27.9 Å². The Bertz CT molecular complexity index is 1450. The highest BCUT2D eigenvalue weighted by Crippen LogP contribution is 2.30. The van der Waals surface area contributed by atoms with Crippen LogP contribution in [0.5, 0.6) is 0 Å². The Labute approximate surface area is 234 Å². The summed E-state index contributed by atoms with van der Waals surface area (Å²) in [5.74, 6) is -1.05. The third-order valence-electron chi connectivity index (χ3n) is 5.98. The van der Waals surface area contributed by atoms with Gasteiger partial charge in [-0.15, -0.1) is 12.4 Å². The number of carbonyl (C=O) groups is 2. The Kier molecular flexibility index (Phi) is 10.3. The molecule has 4 N–H and O–H groups in total. The van der Waals surface area contributed by atoms with Crippen LogP contribution in [0.1, 0.15) is 32.6 Å². The van der Waals surface area contributed by atoms with Crippen molar-refractivity contribution in [1.82, 2.24) is 5.32 Å². The fraction of sp³-hybridized carbons (Fsp3) is 0.259. The van der Waals surface area contributed by atoms with Gasteiger partial charge in [-0.2, -0.15) is 0 Å². The van der Waals surface area contributed by atoms with E-state index in [2.05, 4.69) is 14.8 Å². The van der Waals surface area contributed by atoms with E-state index in [0.29, 0.717) is 38.5 Å². The van der Waals surface area contributed by atoms with Crippen LogP contribution in [0.2, 0.25) is 5.02 Å². The molecule has 0 spiro atoms. The fourth-order valence-corrected chi connectivity index (χ4v) is 5.67. The maximum atomic E-state index is 13.1. The monoisotopic (exact) mass is 579 g/mol. The highest BCUT2D eigenvalue weighted by molar-refractivity contribution is 7.92. The second-order valence-electron chi connectivity index (χ2n) is 8.82. The first-order valence-corrected chi connectivity index (χ1v) is 13.3. The Morgan fingerprint density at radius 2 is 1.58 bits per heavy atom. The van der Waals surface area contributed by atoms with Gasteiger partial charge < -0.3 is 15.8 Å². The van der Waals surface area contributed by atoms with E-state index >= 15 is 0 Å². The molecule has 11 heteroatoms. The summed E-state index contributed by atoms with van der Waals surface area (Å²) >= 11 is 6.13. The molecule has 0 aromatic heterocycles. The first-order valence-electron chi connectivity index (χ1n) is 11.5. The maximum Gasteiger partial charge on any atom is 0.329 e. The molecule has 0 bridgehead atoms. The van der Waals surface area contributed by atoms with E-state index in [4.69, 9.17) is 17.3 Å². The number of halogens is 2. The number of hydrogen-bond acceptors (Lipinski definition) is 6. The number of esters is 1. The molecule has 0 heterocycles. The van der Waals surface area contributed by atoms with Gasteiger partial charge in [-0.05, 0) is 85.3 Å². The van der Waals surface area contributed by atoms with Crippen LogP contribution in [-0.4, -0.2) is 40.0 Å². The van der Waals surface area contributed by atoms with Crippen molar-refractivity contribution >= 4 is 51.6 Å². The number of nitrogens with two attached hydrogens (primary N) is 1. The van der Waals surface area contributed by atoms with Gasteiger partial charge >= 0.3 is 5.97 Å². The number of amides is 1. The minimum absolute atomic E-state index is 0. The van der Waals surface area contributed by atoms with Crippen LogP contribution in [0, 0.1) is 27.7 Å². The molecule has 0 saturated carbocycles. The quantitative estimate of drug-likeness (QED) is 0.332. The molecule has 38 heavy (non-hydrogen) atoms. The molecule has 0 aliphatic rings. The summed E-state index contributed by atoms with van der Waals surface area (Å²) in [6, 6.07) is 12.9. The first-order chi connectivity index (χ1) is 17.4. The minimum Gasteiger partial charge on any atom is -0.467 e. The zero-order valence-electron chi connectivity index (χ0n) is 21.7. The van der Waals surface area contributed by atoms with Crippen molar-refractivity contribution in [2.45, 2.75) is 38.6 Å². The lowest BCUT2D eigenvalue weighted by molar-refractivity contribution is -0.142. The first kappa shape index (κ1) is 31.1. The van der Waals surface area contributed by atoms with Gasteiger partial charge in [-0.1, -0.05) is 35.9 Å². The average molecular weight is 581 g/mol. The van der Waals surface area contributed by atoms with E-state index in [-0.39, 0.29) is 23.8 Å². The Hall–Kier alpha value is -3.11. The van der Waals surface area contributed by atoms with Gasteiger partial charge in [-0.3, -0.25) is 9.52 Å². The number of aryl methyl sites for hydroxylation is 4. The molecule has 0 fully saturated rings. The lowest BCUT2D eigenvalue weighted by Crippen LogP contribution is -2.46. The number of nitrogens with one attached hydrogen (secondary N) is 2. The zero-order valence-corrected chi connectivity index (χ0v) is 24.1. The van der Waals surface area contributed by atoms with Gasteiger partial charge in [0, 0.05) is 22.8 Å². The lowest BCUT2D eigenvalue weighted by atomic mass is 9.94. The molecule has 0 aliphatic carbocycles. The highest BCUT2D eigenvalue weighted by atomic mass is 35.5. The van der Waals surface area contributed by atoms with Crippen molar-refractivity contribution in [2.75, 3.05) is 18.4 Å². The summed E-state index contributed by atoms with van der Waals surface area (Å²) < 4.78 is 33.5. The van der Waals surface area contributed by atoms with Crippen LogP contribution >= 0.6 is 24.0 Å². The predicted octanol–water partition coefficient (Wildman–Crippen LogP) is 4.69. The normalized spacial score (nSPS) is 11.8. The van der Waals surface area contributed by atoms with Gasteiger partial charge in [-0.25, -0.2) is 13.2 Å². The average Bonchev–Trinajstić information content (AvgIpc) is 2.83. The van der Waals surface area contributed by atoms with Gasteiger partial charge in [0.15, 0.2) is 0 Å². The number of methoxy groups -OCH3 is 1. The Morgan fingerprint density at radius 1 is 0.947 bits per heavy atom. The third kappa shape index (κ3) is 6.85. The van der Waals surface area contributed by atoms with Crippen molar-refractivity contribution in [3.8, 4) is 11.1 Å². The summed E-state index contributed by atoms with van der Waals surface area (Å²) in [5, 5.41) is 3.12. The van der Waals surface area contributed by atoms with E-state index in [1.54, 1.807) is 58.0 Å². The molecule has 0 radical (unpaired) electrons. The topological polar surface area (TPSA) is 128 Å². The van der Waals surface area contributed by atoms with Crippen LogP contribution < -0.4 is 15.8 Å². The Balaban J connectivity index is 0.00000507. The van der Waals surface area contributed by atoms with Gasteiger partial charge in [0.2, 0.25) is 0 Å². The largest absolute Gasteiger partial charge is 0.467 e. The van der Waals surface area contributed by atoms with E-state index in [9.17, 15) is 18.0 Å². The number of ether oxygens (including phenoxy) is 1. The van der Waals surface area contributed by atoms with Crippen LogP contribution in [-0.2, 0) is 19.6 Å². The van der Waals surface area contributed by atoms with Crippen molar-refractivity contribution in [1.29, 1.82) is 0 Å². The number of sulfonamides is 1. The molecule has 3 aromatic carbocycles. The SMILES string of the molecule is COC(=O)[C@@H](CN)NC(=O)c1c(C)cc(-c2cccc(NS(=O)(=O)c3cc(C)c(Cl)cc3C)c2)cc1C.Cl. The van der Waals surface area contributed by atoms with Crippen LogP contribution in [0.25, 0.3) is 11.1 Å². The van der Waals surface area contributed by atoms with Crippen LogP contribution in [0.15, 0.2) is 53.4 Å². The highest BCUT2D eigenvalue weighted by Gasteiger charge is 2.23. The maximum absolute atomic E-state index is 13.1. The molecule has 3 rings (SSSR count). The summed E-state index contributed by atoms with van der Waals surface area (Å²) in [6.45, 7) is 6.94. The number of benzene rings is 3. The number of rotatable bonds is 8. The van der Waals surface area contributed by atoms with Crippen molar-refractivity contribution in [3.63, 3.8) is 0 Å². The zero-order chi connectivity index (χ0) is 27.5. The lowest BCUT2D eigenvalue weighted by Gasteiger charge is -2.18. The second-order valence-corrected chi connectivity index (χ2v) is 10.9. The van der Waals surface area contributed by atoms with E-state index in [1.165, 1.54) is 7.11 Å². The molecule has 0 aliphatic heterocycles. The summed E-state index contributed by atoms with van der Waals surface area (Å²) in [6.07, 6.45) is 0.